The lowest BCUT2D eigenvalue weighted by atomic mass is 10.0. The van der Waals surface area contributed by atoms with Crippen LogP contribution in [0.25, 0.3) is 0 Å². The van der Waals surface area contributed by atoms with Crippen LogP contribution >= 0.6 is 23.5 Å². The topological polar surface area (TPSA) is 43.8 Å². The highest BCUT2D eigenvalue weighted by molar-refractivity contribution is 7.96. The summed E-state index contributed by atoms with van der Waals surface area (Å²) in [5.41, 5.74) is 3.59. The molecule has 0 bridgehead atoms. The zero-order chi connectivity index (χ0) is 19.1. The molecule has 0 spiro atoms. The molecule has 2 aromatic rings. The molecule has 1 heterocycles. The summed E-state index contributed by atoms with van der Waals surface area (Å²) in [5, 5.41) is 9.67. The number of carboxylic acid groups (broad SMARTS) is 1. The standard InChI is InChI=1S/C21H25ClN2O2S/c22-20-8-6-18(7-9-21(25)26)19(14-20)15-23-10-12-24(13-11-23)27-16-17-4-2-1-3-5-17/h1-6,8,14H,7,9-13,15-16H2,(H,25,26). The highest BCUT2D eigenvalue weighted by Gasteiger charge is 2.18. The summed E-state index contributed by atoms with van der Waals surface area (Å²) >= 11 is 8.07. The minimum absolute atomic E-state index is 0.151. The first-order chi connectivity index (χ1) is 13.1. The van der Waals surface area contributed by atoms with Gasteiger partial charge in [0.15, 0.2) is 0 Å². The van der Waals surface area contributed by atoms with E-state index in [1.54, 1.807) is 0 Å². The summed E-state index contributed by atoms with van der Waals surface area (Å²) in [7, 11) is 0. The van der Waals surface area contributed by atoms with Crippen LogP contribution in [-0.4, -0.2) is 46.5 Å². The summed E-state index contributed by atoms with van der Waals surface area (Å²) < 4.78 is 2.44. The summed E-state index contributed by atoms with van der Waals surface area (Å²) in [6.45, 7) is 4.90. The van der Waals surface area contributed by atoms with Crippen LogP contribution in [0, 0.1) is 0 Å². The zero-order valence-corrected chi connectivity index (χ0v) is 16.9. The molecule has 0 atom stereocenters. The lowest BCUT2D eigenvalue weighted by Crippen LogP contribution is -2.43. The molecule has 1 N–H and O–H groups in total. The number of aryl methyl sites for hydroxylation is 1. The number of carboxylic acids is 1. The van der Waals surface area contributed by atoms with E-state index in [1.807, 2.05) is 36.2 Å². The van der Waals surface area contributed by atoms with Crippen LogP contribution in [0.1, 0.15) is 23.1 Å². The Morgan fingerprint density at radius 2 is 1.78 bits per heavy atom. The van der Waals surface area contributed by atoms with E-state index in [9.17, 15) is 4.79 Å². The average molecular weight is 405 g/mol. The van der Waals surface area contributed by atoms with Crippen LogP contribution in [0.3, 0.4) is 0 Å². The minimum Gasteiger partial charge on any atom is -0.481 e. The van der Waals surface area contributed by atoms with Gasteiger partial charge in [-0.3, -0.25) is 9.69 Å². The van der Waals surface area contributed by atoms with Gasteiger partial charge in [0.2, 0.25) is 0 Å². The molecular formula is C21H25ClN2O2S. The molecule has 1 fully saturated rings. The lowest BCUT2D eigenvalue weighted by Gasteiger charge is -2.34. The molecule has 0 saturated carbocycles. The van der Waals surface area contributed by atoms with Crippen molar-refractivity contribution in [3.8, 4) is 0 Å². The summed E-state index contributed by atoms with van der Waals surface area (Å²) in [6.07, 6.45) is 0.702. The van der Waals surface area contributed by atoms with Crippen molar-refractivity contribution in [2.45, 2.75) is 25.1 Å². The Balaban J connectivity index is 1.50. The van der Waals surface area contributed by atoms with E-state index in [0.29, 0.717) is 11.4 Å². The second kappa shape index (κ2) is 10.1. The predicted molar refractivity (Wildman–Crippen MR) is 112 cm³/mol. The van der Waals surface area contributed by atoms with Gasteiger partial charge >= 0.3 is 5.97 Å². The van der Waals surface area contributed by atoms with E-state index in [0.717, 1.165) is 49.6 Å². The second-order valence-electron chi connectivity index (χ2n) is 6.77. The first kappa shape index (κ1) is 20.2. The highest BCUT2D eigenvalue weighted by Crippen LogP contribution is 2.22. The number of hydrogen-bond acceptors (Lipinski definition) is 4. The number of piperazine rings is 1. The van der Waals surface area contributed by atoms with Crippen LogP contribution in [0.2, 0.25) is 5.02 Å². The fraction of sp³-hybridized carbons (Fsp3) is 0.381. The maximum absolute atomic E-state index is 10.9. The van der Waals surface area contributed by atoms with Crippen LogP contribution < -0.4 is 0 Å². The molecule has 0 amide bonds. The second-order valence-corrected chi connectivity index (χ2v) is 8.27. The third-order valence-corrected chi connectivity index (χ3v) is 6.19. The maximum atomic E-state index is 10.9. The third-order valence-electron chi connectivity index (χ3n) is 4.76. The summed E-state index contributed by atoms with van der Waals surface area (Å²) in [6, 6.07) is 16.3. The molecule has 27 heavy (non-hydrogen) atoms. The Hall–Kier alpha value is -1.53. The molecule has 4 nitrogen and oxygen atoms in total. The number of halogens is 1. The normalized spacial score (nSPS) is 15.7. The van der Waals surface area contributed by atoms with Crippen molar-refractivity contribution in [1.82, 2.24) is 9.21 Å². The predicted octanol–water partition coefficient (Wildman–Crippen LogP) is 4.32. The Bertz CT molecular complexity index is 749. The maximum Gasteiger partial charge on any atom is 0.303 e. The van der Waals surface area contributed by atoms with Crippen molar-refractivity contribution in [2.75, 3.05) is 26.2 Å². The first-order valence-corrected chi connectivity index (χ1v) is 10.6. The number of benzene rings is 2. The third kappa shape index (κ3) is 6.54. The quantitative estimate of drug-likeness (QED) is 0.663. The molecule has 0 radical (unpaired) electrons. The van der Waals surface area contributed by atoms with Gasteiger partial charge in [-0.25, -0.2) is 4.31 Å². The molecule has 0 unspecified atom stereocenters. The average Bonchev–Trinajstić information content (AvgIpc) is 2.67. The van der Waals surface area contributed by atoms with Crippen LogP contribution in [0.15, 0.2) is 48.5 Å². The smallest absolute Gasteiger partial charge is 0.303 e. The monoisotopic (exact) mass is 404 g/mol. The van der Waals surface area contributed by atoms with Crippen molar-refractivity contribution >= 4 is 29.5 Å². The number of aliphatic carboxylic acids is 1. The molecule has 0 aliphatic carbocycles. The zero-order valence-electron chi connectivity index (χ0n) is 15.3. The molecule has 1 saturated heterocycles. The SMILES string of the molecule is O=C(O)CCc1ccc(Cl)cc1CN1CCN(SCc2ccccc2)CC1. The molecule has 3 rings (SSSR count). The Morgan fingerprint density at radius 3 is 2.48 bits per heavy atom. The molecular weight excluding hydrogens is 380 g/mol. The van der Waals surface area contributed by atoms with E-state index < -0.39 is 5.97 Å². The van der Waals surface area contributed by atoms with Gasteiger partial charge in [0, 0.05) is 49.9 Å². The van der Waals surface area contributed by atoms with Crippen LogP contribution in [-0.2, 0) is 23.5 Å². The van der Waals surface area contributed by atoms with E-state index >= 15 is 0 Å². The molecule has 1 aliphatic heterocycles. The fourth-order valence-corrected chi connectivity index (χ4v) is 4.37. The van der Waals surface area contributed by atoms with Gasteiger partial charge in [-0.1, -0.05) is 59.9 Å². The van der Waals surface area contributed by atoms with E-state index in [1.165, 1.54) is 5.56 Å². The minimum atomic E-state index is -0.764. The Labute approximate surface area is 170 Å². The molecule has 6 heteroatoms. The van der Waals surface area contributed by atoms with E-state index in [-0.39, 0.29) is 6.42 Å². The van der Waals surface area contributed by atoms with Gasteiger partial charge in [0.25, 0.3) is 0 Å². The fourth-order valence-electron chi connectivity index (χ4n) is 3.22. The van der Waals surface area contributed by atoms with Gasteiger partial charge in [-0.05, 0) is 35.2 Å². The summed E-state index contributed by atoms with van der Waals surface area (Å²) in [5.74, 6) is 0.244. The van der Waals surface area contributed by atoms with E-state index in [2.05, 4.69) is 33.5 Å². The van der Waals surface area contributed by atoms with Crippen molar-refractivity contribution in [1.29, 1.82) is 0 Å². The van der Waals surface area contributed by atoms with Gasteiger partial charge in [-0.15, -0.1) is 0 Å². The van der Waals surface area contributed by atoms with Crippen LogP contribution in [0.5, 0.6) is 0 Å². The van der Waals surface area contributed by atoms with E-state index in [4.69, 9.17) is 16.7 Å². The Morgan fingerprint density at radius 1 is 1.04 bits per heavy atom. The number of hydrogen-bond donors (Lipinski definition) is 1. The molecule has 2 aromatic carbocycles. The lowest BCUT2D eigenvalue weighted by molar-refractivity contribution is -0.136. The van der Waals surface area contributed by atoms with Crippen molar-refractivity contribution in [3.05, 3.63) is 70.2 Å². The van der Waals surface area contributed by atoms with Gasteiger partial charge in [-0.2, -0.15) is 0 Å². The largest absolute Gasteiger partial charge is 0.481 e. The highest BCUT2D eigenvalue weighted by atomic mass is 35.5. The van der Waals surface area contributed by atoms with Gasteiger partial charge in [0.1, 0.15) is 0 Å². The van der Waals surface area contributed by atoms with Gasteiger partial charge in [0.05, 0.1) is 0 Å². The molecule has 0 aromatic heterocycles. The Kier molecular flexibility index (Phi) is 7.59. The van der Waals surface area contributed by atoms with Crippen molar-refractivity contribution in [2.24, 2.45) is 0 Å². The number of nitrogens with zero attached hydrogens (tertiary/aromatic N) is 2. The van der Waals surface area contributed by atoms with Gasteiger partial charge < -0.3 is 5.11 Å². The van der Waals surface area contributed by atoms with Crippen molar-refractivity contribution in [3.63, 3.8) is 0 Å². The molecule has 1 aliphatic rings. The first-order valence-electron chi connectivity index (χ1n) is 9.23. The number of rotatable bonds is 8. The summed E-state index contributed by atoms with van der Waals surface area (Å²) in [4.78, 5) is 13.3. The van der Waals surface area contributed by atoms with Crippen LogP contribution in [0.4, 0.5) is 0 Å². The number of carbonyl (C=O) groups is 1. The van der Waals surface area contributed by atoms with Crippen molar-refractivity contribution < 1.29 is 9.90 Å². The molecule has 144 valence electrons.